The van der Waals surface area contributed by atoms with Crippen molar-refractivity contribution in [3.05, 3.63) is 48.0 Å². The first-order valence-corrected chi connectivity index (χ1v) is 5.99. The summed E-state index contributed by atoms with van der Waals surface area (Å²) in [5.74, 6) is -0.854. The number of rotatable bonds is 6. The van der Waals surface area contributed by atoms with E-state index in [1.165, 1.54) is 0 Å². The Bertz CT molecular complexity index is 436. The van der Waals surface area contributed by atoms with Crippen LogP contribution < -0.4 is 0 Å². The lowest BCUT2D eigenvalue weighted by Crippen LogP contribution is -2.07. The fraction of sp³-hybridized carbons (Fsp3) is 0.400. The molecule has 1 aromatic rings. The van der Waals surface area contributed by atoms with E-state index in [1.54, 1.807) is 25.5 Å². The molecule has 3 heteroatoms. The van der Waals surface area contributed by atoms with Gasteiger partial charge in [-0.1, -0.05) is 32.1 Å². The molecule has 1 aromatic heterocycles. The minimum absolute atomic E-state index is 0.0412. The Hall–Kier alpha value is -1.77. The lowest BCUT2D eigenvalue weighted by molar-refractivity contribution is -0.132. The molecule has 0 amide bonds. The van der Waals surface area contributed by atoms with Gasteiger partial charge in [-0.25, -0.2) is 4.79 Å². The van der Waals surface area contributed by atoms with E-state index in [1.807, 2.05) is 6.07 Å². The van der Waals surface area contributed by atoms with Crippen molar-refractivity contribution in [1.82, 2.24) is 0 Å². The Balaban J connectivity index is 2.51. The molecule has 0 aromatic carbocycles. The first-order chi connectivity index (χ1) is 8.41. The Morgan fingerprint density at radius 2 is 2.22 bits per heavy atom. The van der Waals surface area contributed by atoms with Crippen molar-refractivity contribution in [1.29, 1.82) is 0 Å². The van der Waals surface area contributed by atoms with E-state index in [4.69, 9.17) is 9.52 Å². The second kappa shape index (κ2) is 6.24. The van der Waals surface area contributed by atoms with Crippen LogP contribution in [0.2, 0.25) is 0 Å². The summed E-state index contributed by atoms with van der Waals surface area (Å²) in [5, 5.41) is 8.78. The Morgan fingerprint density at radius 3 is 2.78 bits per heavy atom. The molecule has 0 aliphatic rings. The van der Waals surface area contributed by atoms with Crippen molar-refractivity contribution in [3.63, 3.8) is 0 Å². The standard InChI is InChI=1S/C15H20O3/c1-12(14(16)17)6-9-15(2,3)8-4-5-13-7-10-18-11-13/h4,6-8,10-11H,5,9H2,1-3H3,(H,16,17). The number of furan rings is 1. The van der Waals surface area contributed by atoms with Gasteiger partial charge >= 0.3 is 5.97 Å². The molecule has 1 rings (SSSR count). The maximum absolute atomic E-state index is 10.7. The SMILES string of the molecule is CC(=CCC(C)(C)C=CCc1ccoc1)C(=O)O. The maximum atomic E-state index is 10.7. The molecule has 0 unspecified atom stereocenters. The van der Waals surface area contributed by atoms with Crippen molar-refractivity contribution >= 4 is 5.97 Å². The van der Waals surface area contributed by atoms with Crippen LogP contribution in [0.4, 0.5) is 0 Å². The van der Waals surface area contributed by atoms with E-state index in [-0.39, 0.29) is 5.41 Å². The third-order valence-electron chi connectivity index (χ3n) is 2.77. The molecular weight excluding hydrogens is 228 g/mol. The van der Waals surface area contributed by atoms with Crippen LogP contribution in [-0.4, -0.2) is 11.1 Å². The molecular formula is C15H20O3. The monoisotopic (exact) mass is 248 g/mol. The molecule has 98 valence electrons. The van der Waals surface area contributed by atoms with Crippen LogP contribution >= 0.6 is 0 Å². The van der Waals surface area contributed by atoms with Crippen molar-refractivity contribution in [2.24, 2.45) is 5.41 Å². The summed E-state index contributed by atoms with van der Waals surface area (Å²) >= 11 is 0. The minimum Gasteiger partial charge on any atom is -0.478 e. The Kier molecular flexibility index (Phi) is 4.95. The van der Waals surface area contributed by atoms with Crippen molar-refractivity contribution < 1.29 is 14.3 Å². The average molecular weight is 248 g/mol. The number of hydrogen-bond acceptors (Lipinski definition) is 2. The van der Waals surface area contributed by atoms with Gasteiger partial charge in [-0.05, 0) is 36.8 Å². The van der Waals surface area contributed by atoms with Gasteiger partial charge in [0.15, 0.2) is 0 Å². The van der Waals surface area contributed by atoms with E-state index in [0.29, 0.717) is 12.0 Å². The predicted molar refractivity (Wildman–Crippen MR) is 71.3 cm³/mol. The van der Waals surface area contributed by atoms with E-state index in [9.17, 15) is 4.79 Å². The molecule has 0 fully saturated rings. The van der Waals surface area contributed by atoms with Crippen molar-refractivity contribution in [2.75, 3.05) is 0 Å². The Morgan fingerprint density at radius 1 is 1.50 bits per heavy atom. The molecule has 0 saturated carbocycles. The van der Waals surface area contributed by atoms with Gasteiger partial charge < -0.3 is 9.52 Å². The van der Waals surface area contributed by atoms with Crippen LogP contribution in [-0.2, 0) is 11.2 Å². The van der Waals surface area contributed by atoms with Crippen molar-refractivity contribution in [3.8, 4) is 0 Å². The number of hydrogen-bond donors (Lipinski definition) is 1. The van der Waals surface area contributed by atoms with Gasteiger partial charge in [0.2, 0.25) is 0 Å². The molecule has 0 atom stereocenters. The first kappa shape index (κ1) is 14.3. The first-order valence-electron chi connectivity index (χ1n) is 5.99. The molecule has 0 aliphatic heterocycles. The van der Waals surface area contributed by atoms with Gasteiger partial charge in [0.05, 0.1) is 12.5 Å². The average Bonchev–Trinajstić information content (AvgIpc) is 2.78. The molecule has 0 saturated heterocycles. The van der Waals surface area contributed by atoms with Crippen LogP contribution in [0.5, 0.6) is 0 Å². The summed E-state index contributed by atoms with van der Waals surface area (Å²) < 4.78 is 4.99. The zero-order valence-corrected chi connectivity index (χ0v) is 11.1. The summed E-state index contributed by atoms with van der Waals surface area (Å²) in [7, 11) is 0. The zero-order chi connectivity index (χ0) is 13.6. The Labute approximate surface area is 108 Å². The lowest BCUT2D eigenvalue weighted by Gasteiger charge is -2.17. The van der Waals surface area contributed by atoms with Crippen molar-refractivity contribution in [2.45, 2.75) is 33.6 Å². The molecule has 1 N–H and O–H groups in total. The highest BCUT2D eigenvalue weighted by Gasteiger charge is 2.12. The molecule has 0 aliphatic carbocycles. The molecule has 18 heavy (non-hydrogen) atoms. The summed E-state index contributed by atoms with van der Waals surface area (Å²) in [4.78, 5) is 10.7. The summed E-state index contributed by atoms with van der Waals surface area (Å²) in [6, 6.07) is 1.94. The summed E-state index contributed by atoms with van der Waals surface area (Å²) in [6.45, 7) is 5.79. The topological polar surface area (TPSA) is 50.4 Å². The largest absolute Gasteiger partial charge is 0.478 e. The van der Waals surface area contributed by atoms with E-state index >= 15 is 0 Å². The molecule has 1 heterocycles. The highest BCUT2D eigenvalue weighted by Crippen LogP contribution is 2.24. The molecule has 0 spiro atoms. The van der Waals surface area contributed by atoms with Crippen LogP contribution in [0.3, 0.4) is 0 Å². The highest BCUT2D eigenvalue weighted by molar-refractivity contribution is 5.85. The van der Waals surface area contributed by atoms with Gasteiger partial charge in [0, 0.05) is 5.57 Å². The fourth-order valence-corrected chi connectivity index (χ4v) is 1.49. The zero-order valence-electron chi connectivity index (χ0n) is 11.1. The fourth-order valence-electron chi connectivity index (χ4n) is 1.49. The predicted octanol–water partition coefficient (Wildman–Crippen LogP) is 3.83. The lowest BCUT2D eigenvalue weighted by atomic mass is 9.87. The quantitative estimate of drug-likeness (QED) is 0.615. The molecule has 0 bridgehead atoms. The van der Waals surface area contributed by atoms with Gasteiger partial charge in [-0.2, -0.15) is 0 Å². The van der Waals surface area contributed by atoms with Crippen LogP contribution in [0.15, 0.2) is 46.8 Å². The molecule has 3 nitrogen and oxygen atoms in total. The van der Waals surface area contributed by atoms with E-state index < -0.39 is 5.97 Å². The van der Waals surface area contributed by atoms with E-state index in [2.05, 4.69) is 26.0 Å². The van der Waals surface area contributed by atoms with Crippen LogP contribution in [0, 0.1) is 5.41 Å². The second-order valence-corrected chi connectivity index (χ2v) is 5.12. The third kappa shape index (κ3) is 5.04. The minimum atomic E-state index is -0.854. The van der Waals surface area contributed by atoms with Gasteiger partial charge in [-0.3, -0.25) is 0 Å². The normalized spacial score (nSPS) is 13.2. The van der Waals surface area contributed by atoms with Crippen LogP contribution in [0.25, 0.3) is 0 Å². The number of carboxylic acid groups (broad SMARTS) is 1. The van der Waals surface area contributed by atoms with Gasteiger partial charge in [-0.15, -0.1) is 0 Å². The number of aliphatic carboxylic acids is 1. The second-order valence-electron chi connectivity index (χ2n) is 5.12. The number of carbonyl (C=O) groups is 1. The smallest absolute Gasteiger partial charge is 0.330 e. The molecule has 0 radical (unpaired) electrons. The van der Waals surface area contributed by atoms with Gasteiger partial charge in [0.25, 0.3) is 0 Å². The van der Waals surface area contributed by atoms with E-state index in [0.717, 1.165) is 12.0 Å². The summed E-state index contributed by atoms with van der Waals surface area (Å²) in [6.07, 6.45) is 10.9. The van der Waals surface area contributed by atoms with Gasteiger partial charge in [0.1, 0.15) is 0 Å². The van der Waals surface area contributed by atoms with Crippen LogP contribution in [0.1, 0.15) is 32.8 Å². The number of carboxylic acids is 1. The number of allylic oxidation sites excluding steroid dienone is 3. The third-order valence-corrected chi connectivity index (χ3v) is 2.77. The highest BCUT2D eigenvalue weighted by atomic mass is 16.4. The maximum Gasteiger partial charge on any atom is 0.330 e. The summed E-state index contributed by atoms with van der Waals surface area (Å²) in [5.41, 5.74) is 1.49.